The fourth-order valence-electron chi connectivity index (χ4n) is 1.56. The Balaban J connectivity index is 1.89. The van der Waals surface area contributed by atoms with Crippen molar-refractivity contribution in [3.8, 4) is 5.88 Å². The van der Waals surface area contributed by atoms with E-state index in [1.165, 1.54) is 6.07 Å². The van der Waals surface area contributed by atoms with Crippen LogP contribution in [-0.4, -0.2) is 22.7 Å². The van der Waals surface area contributed by atoms with Gasteiger partial charge >= 0.3 is 0 Å². The molecule has 0 saturated carbocycles. The molecule has 0 bridgehead atoms. The van der Waals surface area contributed by atoms with Gasteiger partial charge in [-0.2, -0.15) is 0 Å². The second-order valence-corrected chi connectivity index (χ2v) is 3.92. The zero-order valence-electron chi connectivity index (χ0n) is 10.2. The maximum absolute atomic E-state index is 10.8. The van der Waals surface area contributed by atoms with Gasteiger partial charge in [0.25, 0.3) is 5.91 Å². The molecule has 2 aromatic rings. The Morgan fingerprint density at radius 2 is 1.95 bits per heavy atom. The number of ether oxygens (including phenoxy) is 1. The van der Waals surface area contributed by atoms with Crippen LogP contribution in [-0.2, 0) is 6.42 Å². The minimum Gasteiger partial charge on any atom is -0.476 e. The molecule has 0 unspecified atom stereocenters. The molecule has 1 heterocycles. The van der Waals surface area contributed by atoms with Crippen molar-refractivity contribution < 1.29 is 9.53 Å². The van der Waals surface area contributed by atoms with Gasteiger partial charge in [0.2, 0.25) is 5.88 Å². The summed E-state index contributed by atoms with van der Waals surface area (Å²) in [7, 11) is 0. The second kappa shape index (κ2) is 5.81. The van der Waals surface area contributed by atoms with Gasteiger partial charge in [0.1, 0.15) is 0 Å². The van der Waals surface area contributed by atoms with E-state index in [-0.39, 0.29) is 5.69 Å². The molecule has 0 spiro atoms. The highest BCUT2D eigenvalue weighted by Crippen LogP contribution is 2.12. The van der Waals surface area contributed by atoms with E-state index in [2.05, 4.69) is 10.2 Å². The van der Waals surface area contributed by atoms with Crippen LogP contribution in [0.25, 0.3) is 0 Å². The van der Waals surface area contributed by atoms with E-state index in [0.29, 0.717) is 18.9 Å². The van der Waals surface area contributed by atoms with Gasteiger partial charge < -0.3 is 16.2 Å². The summed E-state index contributed by atoms with van der Waals surface area (Å²) in [6.07, 6.45) is 0.673. The third kappa shape index (κ3) is 3.41. The number of benzene rings is 1. The zero-order chi connectivity index (χ0) is 13.7. The predicted molar refractivity (Wildman–Crippen MR) is 70.6 cm³/mol. The topological polar surface area (TPSA) is 104 Å². The zero-order valence-corrected chi connectivity index (χ0v) is 10.2. The van der Waals surface area contributed by atoms with Gasteiger partial charge in [-0.3, -0.25) is 4.79 Å². The molecule has 1 aromatic carbocycles. The Hall–Kier alpha value is -2.63. The Morgan fingerprint density at radius 1 is 1.16 bits per heavy atom. The van der Waals surface area contributed by atoms with Crippen LogP contribution >= 0.6 is 0 Å². The lowest BCUT2D eigenvalue weighted by Crippen LogP contribution is -2.14. The van der Waals surface area contributed by atoms with Crippen LogP contribution in [0.4, 0.5) is 5.69 Å². The molecule has 4 N–H and O–H groups in total. The lowest BCUT2D eigenvalue weighted by atomic mass is 10.1. The number of aromatic nitrogens is 2. The average Bonchev–Trinajstić information content (AvgIpc) is 2.41. The van der Waals surface area contributed by atoms with Gasteiger partial charge in [-0.1, -0.05) is 18.2 Å². The van der Waals surface area contributed by atoms with Crippen molar-refractivity contribution in [3.63, 3.8) is 0 Å². The Kier molecular flexibility index (Phi) is 3.92. The van der Waals surface area contributed by atoms with Crippen molar-refractivity contribution in [2.45, 2.75) is 6.42 Å². The number of rotatable bonds is 5. The second-order valence-electron chi connectivity index (χ2n) is 3.92. The highest BCUT2D eigenvalue weighted by Gasteiger charge is 2.04. The van der Waals surface area contributed by atoms with Crippen molar-refractivity contribution in [1.29, 1.82) is 0 Å². The molecular formula is C13H14N4O2. The summed E-state index contributed by atoms with van der Waals surface area (Å²) in [4.78, 5) is 10.8. The molecular weight excluding hydrogens is 244 g/mol. The first-order chi connectivity index (χ1) is 9.16. The molecule has 0 radical (unpaired) electrons. The number of nitrogens with two attached hydrogens (primary N) is 2. The van der Waals surface area contributed by atoms with Crippen LogP contribution in [0.5, 0.6) is 5.88 Å². The molecule has 0 aliphatic rings. The number of nitrogen functional groups attached to an aromatic ring is 1. The van der Waals surface area contributed by atoms with Gasteiger partial charge in [0.15, 0.2) is 5.69 Å². The fourth-order valence-corrected chi connectivity index (χ4v) is 1.56. The highest BCUT2D eigenvalue weighted by atomic mass is 16.5. The van der Waals surface area contributed by atoms with Gasteiger partial charge in [0, 0.05) is 18.2 Å². The number of carbonyl (C=O) groups excluding carboxylic acids is 1. The first-order valence-electron chi connectivity index (χ1n) is 5.76. The van der Waals surface area contributed by atoms with Gasteiger partial charge in [-0.15, -0.1) is 10.2 Å². The lowest BCUT2D eigenvalue weighted by molar-refractivity contribution is 0.0994. The molecule has 1 amide bonds. The first kappa shape index (κ1) is 12.8. The van der Waals surface area contributed by atoms with E-state index >= 15 is 0 Å². The Bertz CT molecular complexity index is 569. The summed E-state index contributed by atoms with van der Waals surface area (Å²) in [5.74, 6) is -0.268. The molecule has 2 rings (SSSR count). The number of hydrogen-bond donors (Lipinski definition) is 2. The smallest absolute Gasteiger partial charge is 0.269 e. The van der Waals surface area contributed by atoms with Crippen LogP contribution in [0.1, 0.15) is 16.1 Å². The highest BCUT2D eigenvalue weighted by molar-refractivity contribution is 5.90. The molecule has 19 heavy (non-hydrogen) atoms. The predicted octanol–water partition coefficient (Wildman–Crippen LogP) is 0.779. The monoisotopic (exact) mass is 258 g/mol. The summed E-state index contributed by atoms with van der Waals surface area (Å²) >= 11 is 0. The minimum absolute atomic E-state index is 0.111. The van der Waals surface area contributed by atoms with Gasteiger partial charge in [-0.05, 0) is 17.7 Å². The van der Waals surface area contributed by atoms with E-state index in [4.69, 9.17) is 16.2 Å². The van der Waals surface area contributed by atoms with Crippen molar-refractivity contribution >= 4 is 11.6 Å². The molecule has 1 aromatic heterocycles. The molecule has 6 heteroatoms. The number of nitrogens with zero attached hydrogens (tertiary/aromatic N) is 2. The minimum atomic E-state index is -0.615. The maximum atomic E-state index is 10.8. The molecule has 0 aliphatic heterocycles. The molecule has 0 atom stereocenters. The first-order valence-corrected chi connectivity index (χ1v) is 5.76. The molecule has 6 nitrogen and oxygen atoms in total. The summed E-state index contributed by atoms with van der Waals surface area (Å²) in [5.41, 5.74) is 12.7. The number of amides is 1. The van der Waals surface area contributed by atoms with Crippen molar-refractivity contribution in [2.24, 2.45) is 5.73 Å². The van der Waals surface area contributed by atoms with Crippen LogP contribution in [0, 0.1) is 0 Å². The molecule has 0 aliphatic carbocycles. The third-order valence-corrected chi connectivity index (χ3v) is 2.57. The van der Waals surface area contributed by atoms with Crippen LogP contribution < -0.4 is 16.2 Å². The number of primary amides is 1. The SMILES string of the molecule is NC(=O)c1ccc(OCCc2ccccc2N)nn1. The van der Waals surface area contributed by atoms with E-state index in [0.717, 1.165) is 11.3 Å². The van der Waals surface area contributed by atoms with Crippen molar-refractivity contribution in [1.82, 2.24) is 10.2 Å². The largest absolute Gasteiger partial charge is 0.476 e. The standard InChI is InChI=1S/C13H14N4O2/c14-10-4-2-1-3-9(10)7-8-19-12-6-5-11(13(15)18)16-17-12/h1-6H,7-8,14H2,(H2,15,18). The van der Waals surface area contributed by atoms with Gasteiger partial charge in [-0.25, -0.2) is 0 Å². The van der Waals surface area contributed by atoms with E-state index in [9.17, 15) is 4.79 Å². The summed E-state index contributed by atoms with van der Waals surface area (Å²) < 4.78 is 5.42. The third-order valence-electron chi connectivity index (χ3n) is 2.57. The van der Waals surface area contributed by atoms with Crippen LogP contribution in [0.3, 0.4) is 0 Å². The normalized spacial score (nSPS) is 10.1. The summed E-state index contributed by atoms with van der Waals surface area (Å²) in [5, 5.41) is 7.40. The number of hydrogen-bond acceptors (Lipinski definition) is 5. The number of para-hydroxylation sites is 1. The lowest BCUT2D eigenvalue weighted by Gasteiger charge is -2.06. The fraction of sp³-hybridized carbons (Fsp3) is 0.154. The summed E-state index contributed by atoms with van der Waals surface area (Å²) in [6.45, 7) is 0.429. The quantitative estimate of drug-likeness (QED) is 0.771. The molecule has 0 fully saturated rings. The molecule has 0 saturated heterocycles. The van der Waals surface area contributed by atoms with Crippen LogP contribution in [0.2, 0.25) is 0 Å². The van der Waals surface area contributed by atoms with E-state index in [1.54, 1.807) is 6.07 Å². The number of carbonyl (C=O) groups is 1. The Labute approximate surface area is 110 Å². The number of anilines is 1. The van der Waals surface area contributed by atoms with Crippen LogP contribution in [0.15, 0.2) is 36.4 Å². The van der Waals surface area contributed by atoms with E-state index in [1.807, 2.05) is 24.3 Å². The van der Waals surface area contributed by atoms with E-state index < -0.39 is 5.91 Å². The molecule has 98 valence electrons. The Morgan fingerprint density at radius 3 is 2.58 bits per heavy atom. The van der Waals surface area contributed by atoms with Crippen molar-refractivity contribution in [3.05, 3.63) is 47.7 Å². The average molecular weight is 258 g/mol. The van der Waals surface area contributed by atoms with Crippen molar-refractivity contribution in [2.75, 3.05) is 12.3 Å². The maximum Gasteiger partial charge on any atom is 0.269 e. The summed E-state index contributed by atoms with van der Waals surface area (Å²) in [6, 6.07) is 10.6. The van der Waals surface area contributed by atoms with Gasteiger partial charge in [0.05, 0.1) is 6.61 Å².